The molecular formula is C17H22N4OS. The number of benzene rings is 1. The van der Waals surface area contributed by atoms with Crippen LogP contribution in [0, 0.1) is 0 Å². The minimum absolute atomic E-state index is 0.162. The van der Waals surface area contributed by atoms with Gasteiger partial charge in [-0.05, 0) is 49.4 Å². The van der Waals surface area contributed by atoms with Gasteiger partial charge in [-0.25, -0.2) is 0 Å². The van der Waals surface area contributed by atoms with Crippen molar-refractivity contribution >= 4 is 23.4 Å². The zero-order valence-corrected chi connectivity index (χ0v) is 14.1. The Balaban J connectivity index is 1.62. The topological polar surface area (TPSA) is 59.0 Å². The van der Waals surface area contributed by atoms with Crippen molar-refractivity contribution in [2.24, 2.45) is 0 Å². The van der Waals surface area contributed by atoms with Crippen LogP contribution in [-0.4, -0.2) is 35.0 Å². The predicted octanol–water partition coefficient (Wildman–Crippen LogP) is 2.92. The lowest BCUT2D eigenvalue weighted by Gasteiger charge is -2.22. The lowest BCUT2D eigenvalue weighted by molar-refractivity contribution is 0.102. The molecule has 1 amide bonds. The van der Waals surface area contributed by atoms with E-state index >= 15 is 0 Å². The summed E-state index contributed by atoms with van der Waals surface area (Å²) in [6.45, 7) is 1.98. The molecule has 1 aromatic carbocycles. The predicted molar refractivity (Wildman–Crippen MR) is 95.0 cm³/mol. The molecule has 1 aliphatic heterocycles. The molecule has 0 aliphatic carbocycles. The summed E-state index contributed by atoms with van der Waals surface area (Å²) >= 11 is 1.78. The molecule has 1 atom stereocenters. The van der Waals surface area contributed by atoms with E-state index in [1.165, 1.54) is 5.56 Å². The van der Waals surface area contributed by atoms with Crippen molar-refractivity contribution in [1.29, 1.82) is 0 Å². The second-order valence-corrected chi connectivity index (χ2v) is 6.63. The van der Waals surface area contributed by atoms with Gasteiger partial charge >= 0.3 is 0 Å². The van der Waals surface area contributed by atoms with E-state index in [1.54, 1.807) is 17.8 Å². The van der Waals surface area contributed by atoms with Gasteiger partial charge in [-0.2, -0.15) is 16.9 Å². The van der Waals surface area contributed by atoms with Crippen LogP contribution in [0.15, 0.2) is 36.5 Å². The number of amides is 1. The normalized spacial score (nSPS) is 17.9. The highest BCUT2D eigenvalue weighted by Gasteiger charge is 2.17. The van der Waals surface area contributed by atoms with E-state index in [2.05, 4.69) is 22.0 Å². The SMILES string of the molecule is CSCc1ccc(NC(=O)c2ccn(C3CCCNC3)n2)cc1. The van der Waals surface area contributed by atoms with E-state index in [-0.39, 0.29) is 5.91 Å². The molecule has 5 nitrogen and oxygen atoms in total. The number of carbonyl (C=O) groups is 1. The van der Waals surface area contributed by atoms with Crippen molar-refractivity contribution in [1.82, 2.24) is 15.1 Å². The minimum Gasteiger partial charge on any atom is -0.321 e. The zero-order chi connectivity index (χ0) is 16.1. The Morgan fingerprint density at radius 1 is 1.39 bits per heavy atom. The fourth-order valence-corrected chi connectivity index (χ4v) is 3.29. The first kappa shape index (κ1) is 16.1. The van der Waals surface area contributed by atoms with E-state index in [9.17, 15) is 4.79 Å². The standard InChI is InChI=1S/C17H22N4OS/c1-23-12-13-4-6-14(7-5-13)19-17(22)16-8-10-21(20-16)15-3-2-9-18-11-15/h4-8,10,15,18H,2-3,9,11-12H2,1H3,(H,19,22). The molecule has 0 bridgehead atoms. The van der Waals surface area contributed by atoms with E-state index in [1.807, 2.05) is 35.1 Å². The van der Waals surface area contributed by atoms with Crippen molar-refractivity contribution < 1.29 is 4.79 Å². The first-order valence-corrected chi connectivity index (χ1v) is 9.31. The third-order valence-electron chi connectivity index (χ3n) is 4.01. The van der Waals surface area contributed by atoms with Crippen molar-refractivity contribution in [3.8, 4) is 0 Å². The van der Waals surface area contributed by atoms with Crippen LogP contribution >= 0.6 is 11.8 Å². The number of anilines is 1. The number of hydrogen-bond donors (Lipinski definition) is 2. The molecule has 122 valence electrons. The van der Waals surface area contributed by atoms with Crippen LogP contribution in [0.1, 0.15) is 34.9 Å². The van der Waals surface area contributed by atoms with Crippen LogP contribution in [-0.2, 0) is 5.75 Å². The molecule has 0 spiro atoms. The monoisotopic (exact) mass is 330 g/mol. The van der Waals surface area contributed by atoms with E-state index < -0.39 is 0 Å². The second-order valence-electron chi connectivity index (χ2n) is 5.77. The summed E-state index contributed by atoms with van der Waals surface area (Å²) in [4.78, 5) is 12.3. The Labute approximate surface area is 140 Å². The van der Waals surface area contributed by atoms with Gasteiger partial charge in [0.25, 0.3) is 5.91 Å². The zero-order valence-electron chi connectivity index (χ0n) is 13.3. The van der Waals surface area contributed by atoms with Crippen LogP contribution < -0.4 is 10.6 Å². The van der Waals surface area contributed by atoms with Crippen LogP contribution in [0.4, 0.5) is 5.69 Å². The molecule has 3 rings (SSSR count). The smallest absolute Gasteiger partial charge is 0.276 e. The number of hydrogen-bond acceptors (Lipinski definition) is 4. The van der Waals surface area contributed by atoms with Crippen molar-refractivity contribution in [3.05, 3.63) is 47.8 Å². The molecule has 0 saturated carbocycles. The highest BCUT2D eigenvalue weighted by molar-refractivity contribution is 7.97. The van der Waals surface area contributed by atoms with Crippen molar-refractivity contribution in [2.75, 3.05) is 24.7 Å². The molecule has 1 aliphatic rings. The first-order valence-electron chi connectivity index (χ1n) is 7.91. The molecule has 2 heterocycles. The number of thioether (sulfide) groups is 1. The van der Waals surface area contributed by atoms with Gasteiger partial charge in [-0.15, -0.1) is 0 Å². The maximum atomic E-state index is 12.3. The molecule has 1 fully saturated rings. The summed E-state index contributed by atoms with van der Waals surface area (Å²) in [5.41, 5.74) is 2.52. The van der Waals surface area contributed by atoms with Crippen LogP contribution in [0.25, 0.3) is 0 Å². The Kier molecular flexibility index (Phi) is 5.35. The molecule has 1 unspecified atom stereocenters. The maximum absolute atomic E-state index is 12.3. The van der Waals surface area contributed by atoms with E-state index in [4.69, 9.17) is 0 Å². The summed E-state index contributed by atoms with van der Waals surface area (Å²) in [6.07, 6.45) is 6.23. The van der Waals surface area contributed by atoms with Gasteiger partial charge in [0.2, 0.25) is 0 Å². The molecule has 6 heteroatoms. The van der Waals surface area contributed by atoms with Gasteiger partial charge in [0.05, 0.1) is 6.04 Å². The number of carbonyl (C=O) groups excluding carboxylic acids is 1. The van der Waals surface area contributed by atoms with Crippen molar-refractivity contribution in [3.63, 3.8) is 0 Å². The lowest BCUT2D eigenvalue weighted by atomic mass is 10.1. The van der Waals surface area contributed by atoms with Crippen LogP contribution in [0.5, 0.6) is 0 Å². The Morgan fingerprint density at radius 2 is 2.22 bits per heavy atom. The van der Waals surface area contributed by atoms with Gasteiger partial charge in [0.1, 0.15) is 0 Å². The summed E-state index contributed by atoms with van der Waals surface area (Å²) < 4.78 is 1.91. The number of rotatable bonds is 5. The molecule has 2 N–H and O–H groups in total. The fourth-order valence-electron chi connectivity index (χ4n) is 2.77. The molecule has 2 aromatic rings. The molecule has 1 aromatic heterocycles. The fraction of sp³-hybridized carbons (Fsp3) is 0.412. The lowest BCUT2D eigenvalue weighted by Crippen LogP contribution is -2.32. The second kappa shape index (κ2) is 7.66. The van der Waals surface area contributed by atoms with Gasteiger partial charge < -0.3 is 10.6 Å². The van der Waals surface area contributed by atoms with Gasteiger partial charge in [0.15, 0.2) is 5.69 Å². The quantitative estimate of drug-likeness (QED) is 0.885. The molecular weight excluding hydrogens is 308 g/mol. The molecule has 23 heavy (non-hydrogen) atoms. The molecule has 1 saturated heterocycles. The highest BCUT2D eigenvalue weighted by atomic mass is 32.2. The van der Waals surface area contributed by atoms with Gasteiger partial charge in [-0.1, -0.05) is 12.1 Å². The third kappa shape index (κ3) is 4.14. The van der Waals surface area contributed by atoms with E-state index in [0.717, 1.165) is 37.4 Å². The van der Waals surface area contributed by atoms with E-state index in [0.29, 0.717) is 11.7 Å². The number of aromatic nitrogens is 2. The summed E-state index contributed by atoms with van der Waals surface area (Å²) in [5.74, 6) is 0.818. The Morgan fingerprint density at radius 3 is 2.91 bits per heavy atom. The average molecular weight is 330 g/mol. The van der Waals surface area contributed by atoms with Crippen LogP contribution in [0.2, 0.25) is 0 Å². The summed E-state index contributed by atoms with van der Waals surface area (Å²) in [6, 6.07) is 10.1. The number of nitrogens with zero attached hydrogens (tertiary/aromatic N) is 2. The highest BCUT2D eigenvalue weighted by Crippen LogP contribution is 2.17. The van der Waals surface area contributed by atoms with Gasteiger partial charge in [-0.3, -0.25) is 9.48 Å². The summed E-state index contributed by atoms with van der Waals surface area (Å²) in [7, 11) is 0. The minimum atomic E-state index is -0.162. The largest absolute Gasteiger partial charge is 0.321 e. The van der Waals surface area contributed by atoms with Crippen molar-refractivity contribution in [2.45, 2.75) is 24.6 Å². The third-order valence-corrected chi connectivity index (χ3v) is 4.63. The van der Waals surface area contributed by atoms with Gasteiger partial charge in [0, 0.05) is 24.2 Å². The van der Waals surface area contributed by atoms with Crippen LogP contribution in [0.3, 0.4) is 0 Å². The maximum Gasteiger partial charge on any atom is 0.276 e. The summed E-state index contributed by atoms with van der Waals surface area (Å²) in [5, 5.41) is 10.7. The molecule has 0 radical (unpaired) electrons. The number of piperidine rings is 1. The Hall–Kier alpha value is -1.79. The first-order chi connectivity index (χ1) is 11.3. The number of nitrogens with one attached hydrogen (secondary N) is 2. The average Bonchev–Trinajstić information content (AvgIpc) is 3.08. The Bertz CT molecular complexity index is 647.